The molecule has 32 heavy (non-hydrogen) atoms. The summed E-state index contributed by atoms with van der Waals surface area (Å²) >= 11 is 1.40. The Morgan fingerprint density at radius 3 is 2.56 bits per heavy atom. The fourth-order valence-electron chi connectivity index (χ4n) is 4.47. The maximum Gasteiger partial charge on any atom is 0.192 e. The van der Waals surface area contributed by atoms with Gasteiger partial charge in [-0.2, -0.15) is 0 Å². The van der Waals surface area contributed by atoms with Crippen molar-refractivity contribution in [3.8, 4) is 11.5 Å². The number of ether oxygens (including phenoxy) is 2. The third kappa shape index (κ3) is 4.39. The molecule has 0 radical (unpaired) electrons. The molecular weight excluding hydrogens is 422 g/mol. The predicted molar refractivity (Wildman–Crippen MR) is 124 cm³/mol. The Balaban J connectivity index is 1.20. The van der Waals surface area contributed by atoms with Gasteiger partial charge in [-0.3, -0.25) is 4.79 Å². The van der Waals surface area contributed by atoms with Crippen LogP contribution in [-0.4, -0.2) is 32.9 Å². The summed E-state index contributed by atoms with van der Waals surface area (Å²) in [5, 5.41) is 9.27. The second-order valence-corrected chi connectivity index (χ2v) is 9.38. The summed E-state index contributed by atoms with van der Waals surface area (Å²) in [6, 6.07) is 15.8. The van der Waals surface area contributed by atoms with Crippen molar-refractivity contribution >= 4 is 17.5 Å². The van der Waals surface area contributed by atoms with Crippen LogP contribution < -0.4 is 9.47 Å². The first-order valence-corrected chi connectivity index (χ1v) is 12.2. The molecule has 1 aromatic heterocycles. The van der Waals surface area contributed by atoms with E-state index in [1.807, 2.05) is 48.0 Å². The number of benzene rings is 2. The van der Waals surface area contributed by atoms with E-state index in [0.29, 0.717) is 35.0 Å². The quantitative estimate of drug-likeness (QED) is 0.373. The molecule has 2 aliphatic rings. The average Bonchev–Trinajstić information content (AvgIpc) is 3.23. The van der Waals surface area contributed by atoms with Gasteiger partial charge in [0.15, 0.2) is 34.4 Å². The van der Waals surface area contributed by atoms with Crippen molar-refractivity contribution in [2.45, 2.75) is 49.3 Å². The Labute approximate surface area is 192 Å². The molecule has 1 saturated carbocycles. The molecular formula is C25H27N3O3S. The van der Waals surface area contributed by atoms with E-state index < -0.39 is 0 Å². The lowest BCUT2D eigenvalue weighted by atomic mass is 9.84. The molecule has 1 aliphatic carbocycles. The number of carbonyl (C=O) groups excluding carboxylic acids is 1. The molecule has 1 atom stereocenters. The number of hydrogen-bond acceptors (Lipinski definition) is 6. The van der Waals surface area contributed by atoms with Crippen molar-refractivity contribution in [1.29, 1.82) is 0 Å². The molecule has 5 rings (SSSR count). The van der Waals surface area contributed by atoms with Gasteiger partial charge in [-0.05, 0) is 36.5 Å². The van der Waals surface area contributed by atoms with Gasteiger partial charge in [0.25, 0.3) is 0 Å². The highest BCUT2D eigenvalue weighted by molar-refractivity contribution is 7.99. The lowest BCUT2D eigenvalue weighted by Crippen LogP contribution is -2.24. The van der Waals surface area contributed by atoms with Crippen LogP contribution in [0, 0.1) is 0 Å². The van der Waals surface area contributed by atoms with Gasteiger partial charge in [0.05, 0.1) is 5.75 Å². The molecule has 0 saturated heterocycles. The Morgan fingerprint density at radius 1 is 1.03 bits per heavy atom. The molecule has 1 aliphatic heterocycles. The average molecular weight is 450 g/mol. The van der Waals surface area contributed by atoms with Gasteiger partial charge in [0, 0.05) is 12.6 Å². The maximum atomic E-state index is 12.7. The first kappa shape index (κ1) is 21.1. The summed E-state index contributed by atoms with van der Waals surface area (Å²) in [5.41, 5.74) is 2.11. The van der Waals surface area contributed by atoms with Crippen LogP contribution in [-0.2, 0) is 7.05 Å². The van der Waals surface area contributed by atoms with E-state index >= 15 is 0 Å². The zero-order valence-electron chi connectivity index (χ0n) is 18.2. The van der Waals surface area contributed by atoms with E-state index in [1.54, 1.807) is 0 Å². The Bertz CT molecular complexity index is 1090. The smallest absolute Gasteiger partial charge is 0.192 e. The molecule has 1 fully saturated rings. The number of carbonyl (C=O) groups is 1. The number of para-hydroxylation sites is 2. The van der Waals surface area contributed by atoms with Crippen molar-refractivity contribution < 1.29 is 14.3 Å². The topological polar surface area (TPSA) is 66.2 Å². The maximum absolute atomic E-state index is 12.7. The van der Waals surface area contributed by atoms with Crippen molar-refractivity contribution in [1.82, 2.24) is 14.8 Å². The van der Waals surface area contributed by atoms with Gasteiger partial charge in [-0.15, -0.1) is 10.2 Å². The number of hydrogen-bond donors (Lipinski definition) is 0. The van der Waals surface area contributed by atoms with Gasteiger partial charge < -0.3 is 14.0 Å². The van der Waals surface area contributed by atoms with Gasteiger partial charge in [0.1, 0.15) is 6.61 Å². The highest BCUT2D eigenvalue weighted by Crippen LogP contribution is 2.36. The van der Waals surface area contributed by atoms with E-state index in [0.717, 1.165) is 11.3 Å². The number of aromatic nitrogens is 3. The Morgan fingerprint density at radius 2 is 1.78 bits per heavy atom. The van der Waals surface area contributed by atoms with Crippen molar-refractivity contribution in [3.63, 3.8) is 0 Å². The molecule has 2 heterocycles. The summed E-state index contributed by atoms with van der Waals surface area (Å²) in [4.78, 5) is 12.7. The minimum absolute atomic E-state index is 0.0981. The first-order valence-electron chi connectivity index (χ1n) is 11.2. The van der Waals surface area contributed by atoms with E-state index in [1.165, 1.54) is 49.4 Å². The third-order valence-corrected chi connectivity index (χ3v) is 7.33. The summed E-state index contributed by atoms with van der Waals surface area (Å²) in [6.07, 6.45) is 6.16. The SMILES string of the molecule is Cn1c(SCC(=O)c2ccc(C3CCCCC3)cc2)nnc1C1COc2ccccc2O1. The number of nitrogens with zero attached hydrogens (tertiary/aromatic N) is 3. The standard InChI is InChI=1S/C25H27N3O3S/c1-28-24(23-15-30-21-9-5-6-10-22(21)31-23)26-27-25(28)32-16-20(29)19-13-11-18(12-14-19)17-7-3-2-4-8-17/h5-6,9-14,17,23H,2-4,7-8,15-16H2,1H3. The van der Waals surface area contributed by atoms with Crippen molar-refractivity contribution in [3.05, 3.63) is 65.5 Å². The third-order valence-electron chi connectivity index (χ3n) is 6.31. The summed E-state index contributed by atoms with van der Waals surface area (Å²) in [7, 11) is 1.89. The molecule has 0 N–H and O–H groups in total. The lowest BCUT2D eigenvalue weighted by Gasteiger charge is -2.25. The van der Waals surface area contributed by atoms with E-state index in [2.05, 4.69) is 22.3 Å². The van der Waals surface area contributed by atoms with Crippen LogP contribution in [0.1, 0.15) is 65.9 Å². The fourth-order valence-corrected chi connectivity index (χ4v) is 5.28. The molecule has 7 heteroatoms. The molecule has 0 spiro atoms. The lowest BCUT2D eigenvalue weighted by molar-refractivity contribution is 0.0825. The van der Waals surface area contributed by atoms with E-state index in [4.69, 9.17) is 9.47 Å². The van der Waals surface area contributed by atoms with Crippen LogP contribution in [0.2, 0.25) is 0 Å². The zero-order valence-corrected chi connectivity index (χ0v) is 19.0. The number of rotatable bonds is 6. The van der Waals surface area contributed by atoms with Crippen LogP contribution in [0.4, 0.5) is 0 Å². The number of thioether (sulfide) groups is 1. The highest BCUT2D eigenvalue weighted by atomic mass is 32.2. The van der Waals surface area contributed by atoms with Crippen LogP contribution in [0.5, 0.6) is 11.5 Å². The Hall–Kier alpha value is -2.80. The zero-order chi connectivity index (χ0) is 21.9. The monoisotopic (exact) mass is 449 g/mol. The largest absolute Gasteiger partial charge is 0.485 e. The molecule has 0 amide bonds. The molecule has 0 bridgehead atoms. The molecule has 1 unspecified atom stereocenters. The predicted octanol–water partition coefficient (Wildman–Crippen LogP) is 5.35. The Kier molecular flexibility index (Phi) is 6.17. The number of Topliss-reactive ketones (excluding diaryl/α,β-unsaturated/α-hetero) is 1. The van der Waals surface area contributed by atoms with E-state index in [9.17, 15) is 4.79 Å². The molecule has 6 nitrogen and oxygen atoms in total. The van der Waals surface area contributed by atoms with Gasteiger partial charge in [-0.1, -0.05) is 67.4 Å². The second-order valence-electron chi connectivity index (χ2n) is 8.43. The minimum atomic E-state index is -0.334. The normalized spacial score (nSPS) is 18.5. The summed E-state index contributed by atoms with van der Waals surface area (Å²) < 4.78 is 13.7. The van der Waals surface area contributed by atoms with Gasteiger partial charge >= 0.3 is 0 Å². The fraction of sp³-hybridized carbons (Fsp3) is 0.400. The van der Waals surface area contributed by atoms with Crippen molar-refractivity contribution in [2.75, 3.05) is 12.4 Å². The van der Waals surface area contributed by atoms with Gasteiger partial charge in [-0.25, -0.2) is 0 Å². The first-order chi connectivity index (χ1) is 15.7. The summed E-state index contributed by atoms with van der Waals surface area (Å²) in [6.45, 7) is 0.375. The van der Waals surface area contributed by atoms with Crippen LogP contribution in [0.3, 0.4) is 0 Å². The molecule has 2 aromatic carbocycles. The second kappa shape index (κ2) is 9.36. The number of ketones is 1. The van der Waals surface area contributed by atoms with E-state index in [-0.39, 0.29) is 11.9 Å². The van der Waals surface area contributed by atoms with Crippen LogP contribution >= 0.6 is 11.8 Å². The minimum Gasteiger partial charge on any atom is -0.485 e. The summed E-state index contributed by atoms with van der Waals surface area (Å²) in [5.74, 6) is 3.19. The van der Waals surface area contributed by atoms with Gasteiger partial charge in [0.2, 0.25) is 0 Å². The highest BCUT2D eigenvalue weighted by Gasteiger charge is 2.27. The van der Waals surface area contributed by atoms with Crippen molar-refractivity contribution in [2.24, 2.45) is 7.05 Å². The molecule has 3 aromatic rings. The van der Waals surface area contributed by atoms with Crippen LogP contribution in [0.15, 0.2) is 53.7 Å². The van der Waals surface area contributed by atoms with Crippen LogP contribution in [0.25, 0.3) is 0 Å². The molecule has 166 valence electrons. The number of fused-ring (bicyclic) bond motifs is 1.